The van der Waals surface area contributed by atoms with E-state index < -0.39 is 0 Å². The Labute approximate surface area is 128 Å². The fraction of sp³-hybridized carbons (Fsp3) is 0.533. The van der Waals surface area contributed by atoms with Crippen LogP contribution in [0.5, 0.6) is 0 Å². The summed E-state index contributed by atoms with van der Waals surface area (Å²) in [5, 5.41) is 3.12. The molecule has 1 aliphatic rings. The van der Waals surface area contributed by atoms with Gasteiger partial charge in [-0.2, -0.15) is 0 Å². The lowest BCUT2D eigenvalue weighted by Crippen LogP contribution is -2.31. The topological polar surface area (TPSA) is 51.0 Å². The van der Waals surface area contributed by atoms with Crippen molar-refractivity contribution in [1.82, 2.24) is 19.4 Å². The Morgan fingerprint density at radius 2 is 2.29 bits per heavy atom. The normalized spacial score (nSPS) is 18.7. The molecule has 5 nitrogen and oxygen atoms in total. The number of aromatic nitrogens is 3. The van der Waals surface area contributed by atoms with Crippen molar-refractivity contribution in [3.63, 3.8) is 0 Å². The summed E-state index contributed by atoms with van der Waals surface area (Å²) in [6, 6.07) is 0.418. The van der Waals surface area contributed by atoms with Gasteiger partial charge in [-0.25, -0.2) is 9.97 Å². The monoisotopic (exact) mass is 304 g/mol. The van der Waals surface area contributed by atoms with E-state index in [4.69, 9.17) is 0 Å². The van der Waals surface area contributed by atoms with E-state index in [1.807, 2.05) is 22.6 Å². The van der Waals surface area contributed by atoms with E-state index in [1.165, 1.54) is 0 Å². The van der Waals surface area contributed by atoms with Gasteiger partial charge in [-0.3, -0.25) is 4.79 Å². The SMILES string of the molecule is Cc1nc(C2CCCN2C(=O)c2cn(C(C)C)cn2)cs1. The quantitative estimate of drug-likeness (QED) is 0.875. The van der Waals surface area contributed by atoms with Crippen molar-refractivity contribution in [1.29, 1.82) is 0 Å². The molecule has 3 rings (SSSR count). The van der Waals surface area contributed by atoms with E-state index in [0.717, 1.165) is 30.1 Å². The van der Waals surface area contributed by atoms with Crippen LogP contribution < -0.4 is 0 Å². The smallest absolute Gasteiger partial charge is 0.274 e. The number of amides is 1. The highest BCUT2D eigenvalue weighted by molar-refractivity contribution is 7.09. The Kier molecular flexibility index (Phi) is 3.80. The first-order valence-electron chi connectivity index (χ1n) is 7.32. The maximum atomic E-state index is 12.7. The van der Waals surface area contributed by atoms with Crippen LogP contribution in [-0.2, 0) is 0 Å². The van der Waals surface area contributed by atoms with E-state index in [0.29, 0.717) is 11.7 Å². The van der Waals surface area contributed by atoms with Crippen molar-refractivity contribution in [2.24, 2.45) is 0 Å². The first kappa shape index (κ1) is 14.3. The van der Waals surface area contributed by atoms with Crippen LogP contribution in [0.15, 0.2) is 17.9 Å². The summed E-state index contributed by atoms with van der Waals surface area (Å²) in [5.74, 6) is 0.0163. The largest absolute Gasteiger partial charge is 0.334 e. The van der Waals surface area contributed by atoms with Crippen LogP contribution in [-0.4, -0.2) is 31.9 Å². The number of imidazole rings is 1. The van der Waals surface area contributed by atoms with Crippen LogP contribution in [0.1, 0.15) is 60.0 Å². The fourth-order valence-corrected chi connectivity index (χ4v) is 3.39. The Bertz CT molecular complexity index is 646. The predicted molar refractivity (Wildman–Crippen MR) is 82.5 cm³/mol. The highest BCUT2D eigenvalue weighted by Gasteiger charge is 2.33. The second-order valence-corrected chi connectivity index (χ2v) is 6.81. The number of hydrogen-bond acceptors (Lipinski definition) is 4. The Balaban J connectivity index is 1.82. The second-order valence-electron chi connectivity index (χ2n) is 5.75. The molecule has 1 aliphatic heterocycles. The molecule has 2 aromatic rings. The van der Waals surface area contributed by atoms with Gasteiger partial charge in [-0.05, 0) is 33.6 Å². The summed E-state index contributed by atoms with van der Waals surface area (Å²) in [6.07, 6.45) is 5.59. The molecule has 1 amide bonds. The van der Waals surface area contributed by atoms with Crippen LogP contribution in [0.3, 0.4) is 0 Å². The molecule has 0 saturated carbocycles. The van der Waals surface area contributed by atoms with Crippen molar-refractivity contribution in [3.05, 3.63) is 34.3 Å². The zero-order chi connectivity index (χ0) is 15.0. The number of rotatable bonds is 3. The van der Waals surface area contributed by atoms with Crippen molar-refractivity contribution in [2.75, 3.05) is 6.54 Å². The van der Waals surface area contributed by atoms with Crippen molar-refractivity contribution in [3.8, 4) is 0 Å². The molecule has 112 valence electrons. The lowest BCUT2D eigenvalue weighted by molar-refractivity contribution is 0.0727. The molecule has 0 aromatic carbocycles. The van der Waals surface area contributed by atoms with Gasteiger partial charge in [-0.15, -0.1) is 11.3 Å². The molecule has 21 heavy (non-hydrogen) atoms. The van der Waals surface area contributed by atoms with Gasteiger partial charge in [0.25, 0.3) is 5.91 Å². The number of carbonyl (C=O) groups excluding carboxylic acids is 1. The molecular formula is C15H20N4OS. The van der Waals surface area contributed by atoms with Gasteiger partial charge in [-0.1, -0.05) is 0 Å². The van der Waals surface area contributed by atoms with Gasteiger partial charge < -0.3 is 9.47 Å². The molecule has 0 aliphatic carbocycles. The third-order valence-electron chi connectivity index (χ3n) is 3.91. The zero-order valence-electron chi connectivity index (χ0n) is 12.6. The second kappa shape index (κ2) is 5.60. The number of nitrogens with zero attached hydrogens (tertiary/aromatic N) is 4. The minimum Gasteiger partial charge on any atom is -0.334 e. The third-order valence-corrected chi connectivity index (χ3v) is 4.70. The van der Waals surface area contributed by atoms with Gasteiger partial charge in [0.05, 0.1) is 23.1 Å². The number of likely N-dealkylation sites (tertiary alicyclic amines) is 1. The molecular weight excluding hydrogens is 284 g/mol. The highest BCUT2D eigenvalue weighted by Crippen LogP contribution is 2.33. The minimum atomic E-state index is 0.0163. The van der Waals surface area contributed by atoms with Crippen molar-refractivity contribution >= 4 is 17.2 Å². The summed E-state index contributed by atoms with van der Waals surface area (Å²) < 4.78 is 1.96. The third kappa shape index (κ3) is 2.72. The maximum Gasteiger partial charge on any atom is 0.274 e. The lowest BCUT2D eigenvalue weighted by atomic mass is 10.1. The number of hydrogen-bond donors (Lipinski definition) is 0. The molecule has 1 saturated heterocycles. The summed E-state index contributed by atoms with van der Waals surface area (Å²) in [4.78, 5) is 23.4. The van der Waals surface area contributed by atoms with E-state index in [9.17, 15) is 4.79 Å². The van der Waals surface area contributed by atoms with E-state index in [2.05, 4.69) is 29.2 Å². The molecule has 1 atom stereocenters. The summed E-state index contributed by atoms with van der Waals surface area (Å²) >= 11 is 1.64. The van der Waals surface area contributed by atoms with Crippen LogP contribution in [0.4, 0.5) is 0 Å². The van der Waals surface area contributed by atoms with Gasteiger partial charge in [0.15, 0.2) is 0 Å². The van der Waals surface area contributed by atoms with Gasteiger partial charge >= 0.3 is 0 Å². The van der Waals surface area contributed by atoms with Gasteiger partial charge in [0, 0.05) is 24.2 Å². The van der Waals surface area contributed by atoms with Gasteiger partial charge in [0.1, 0.15) is 5.69 Å². The van der Waals surface area contributed by atoms with E-state index in [-0.39, 0.29) is 11.9 Å². The molecule has 0 bridgehead atoms. The van der Waals surface area contributed by atoms with Crippen molar-refractivity contribution < 1.29 is 4.79 Å². The number of aryl methyl sites for hydroxylation is 1. The van der Waals surface area contributed by atoms with Gasteiger partial charge in [0.2, 0.25) is 0 Å². The van der Waals surface area contributed by atoms with Crippen LogP contribution in [0.2, 0.25) is 0 Å². The fourth-order valence-electron chi connectivity index (χ4n) is 2.73. The highest BCUT2D eigenvalue weighted by atomic mass is 32.1. The Morgan fingerprint density at radius 1 is 1.48 bits per heavy atom. The molecule has 6 heteroatoms. The summed E-state index contributed by atoms with van der Waals surface area (Å²) in [6.45, 7) is 6.94. The predicted octanol–water partition coefficient (Wildman–Crippen LogP) is 3.21. The molecule has 2 aromatic heterocycles. The lowest BCUT2D eigenvalue weighted by Gasteiger charge is -2.22. The van der Waals surface area contributed by atoms with E-state index >= 15 is 0 Å². The number of thiazole rings is 1. The number of carbonyl (C=O) groups is 1. The average Bonchev–Trinajstić information content (AvgIpc) is 3.17. The Morgan fingerprint density at radius 3 is 2.90 bits per heavy atom. The standard InChI is InChI=1S/C15H20N4OS/c1-10(2)18-7-12(16-9-18)15(20)19-6-4-5-14(19)13-8-21-11(3)17-13/h7-10,14H,4-6H2,1-3H3. The summed E-state index contributed by atoms with van der Waals surface area (Å²) in [5.41, 5.74) is 1.55. The zero-order valence-corrected chi connectivity index (χ0v) is 13.4. The molecule has 1 unspecified atom stereocenters. The van der Waals surface area contributed by atoms with E-state index in [1.54, 1.807) is 17.7 Å². The first-order chi connectivity index (χ1) is 10.1. The average molecular weight is 304 g/mol. The molecule has 0 N–H and O–H groups in total. The van der Waals surface area contributed by atoms with Crippen molar-refractivity contribution in [2.45, 2.75) is 45.7 Å². The Hall–Kier alpha value is -1.69. The minimum absolute atomic E-state index is 0.0163. The van der Waals surface area contributed by atoms with Crippen LogP contribution in [0, 0.1) is 6.92 Å². The molecule has 3 heterocycles. The maximum absolute atomic E-state index is 12.7. The molecule has 0 radical (unpaired) electrons. The summed E-state index contributed by atoms with van der Waals surface area (Å²) in [7, 11) is 0. The van der Waals surface area contributed by atoms with Crippen LogP contribution >= 0.6 is 11.3 Å². The molecule has 1 fully saturated rings. The first-order valence-corrected chi connectivity index (χ1v) is 8.20. The van der Waals surface area contributed by atoms with Crippen LogP contribution in [0.25, 0.3) is 0 Å². The molecule has 0 spiro atoms.